The first-order chi connectivity index (χ1) is 13.5. The molecular formula is C20H26N4O2S2. The van der Waals surface area contributed by atoms with E-state index in [0.717, 1.165) is 42.2 Å². The minimum atomic E-state index is -0.337. The van der Waals surface area contributed by atoms with Gasteiger partial charge in [-0.2, -0.15) is 0 Å². The van der Waals surface area contributed by atoms with Crippen LogP contribution in [0.2, 0.25) is 0 Å². The number of ether oxygens (including phenoxy) is 1. The number of thiophene rings is 1. The van der Waals surface area contributed by atoms with E-state index >= 15 is 0 Å². The number of esters is 1. The fourth-order valence-electron chi connectivity index (χ4n) is 3.18. The monoisotopic (exact) mass is 418 g/mol. The number of nitrogens with one attached hydrogen (secondary N) is 2. The minimum Gasteiger partial charge on any atom is -0.462 e. The number of hydrogen-bond donors (Lipinski definition) is 2. The summed E-state index contributed by atoms with van der Waals surface area (Å²) in [5, 5.41) is 6.51. The lowest BCUT2D eigenvalue weighted by Crippen LogP contribution is -2.53. The minimum absolute atomic E-state index is 0.325. The Balaban J connectivity index is 1.84. The third kappa shape index (κ3) is 4.88. The summed E-state index contributed by atoms with van der Waals surface area (Å²) in [4.78, 5) is 16.1. The van der Waals surface area contributed by atoms with E-state index in [4.69, 9.17) is 17.0 Å². The smallest absolute Gasteiger partial charge is 0.341 e. The van der Waals surface area contributed by atoms with Crippen molar-refractivity contribution in [1.82, 2.24) is 15.3 Å². The molecule has 1 aliphatic rings. The van der Waals surface area contributed by atoms with Crippen LogP contribution in [0.4, 0.5) is 5.00 Å². The number of piperazine rings is 1. The van der Waals surface area contributed by atoms with Gasteiger partial charge < -0.3 is 15.0 Å². The number of rotatable bonds is 5. The normalized spacial score (nSPS) is 15.2. The molecule has 0 bridgehead atoms. The van der Waals surface area contributed by atoms with Crippen molar-refractivity contribution in [2.75, 3.05) is 45.2 Å². The second kappa shape index (κ2) is 9.47. The molecule has 150 valence electrons. The SMILES string of the molecule is CCOC(=O)c1c(NC(=S)NN2CCN(C)CC2)sc(C)c1-c1ccccc1. The molecule has 0 unspecified atom stereocenters. The Kier molecular flexibility index (Phi) is 7.01. The molecule has 2 aromatic rings. The van der Waals surface area contributed by atoms with E-state index in [1.807, 2.05) is 44.2 Å². The number of carbonyl (C=O) groups excluding carboxylic acids is 1. The van der Waals surface area contributed by atoms with Crippen LogP contribution >= 0.6 is 23.6 Å². The Labute approximate surface area is 175 Å². The van der Waals surface area contributed by atoms with Gasteiger partial charge in [0.2, 0.25) is 0 Å². The van der Waals surface area contributed by atoms with Crippen LogP contribution in [0.25, 0.3) is 11.1 Å². The van der Waals surface area contributed by atoms with Gasteiger partial charge in [-0.15, -0.1) is 11.3 Å². The average Bonchev–Trinajstić information content (AvgIpc) is 3.00. The third-order valence-corrected chi connectivity index (χ3v) is 5.83. The molecule has 0 aliphatic carbocycles. The summed E-state index contributed by atoms with van der Waals surface area (Å²) >= 11 is 7.02. The molecule has 28 heavy (non-hydrogen) atoms. The Morgan fingerprint density at radius 1 is 1.21 bits per heavy atom. The van der Waals surface area contributed by atoms with Gasteiger partial charge >= 0.3 is 5.97 Å². The standard InChI is InChI=1S/C20H26N4O2S2/c1-4-26-19(25)17-16(15-8-6-5-7-9-15)14(2)28-18(17)21-20(27)22-24-12-10-23(3)11-13-24/h5-9H,4,10-13H2,1-3H3,(H2,21,22,27). The van der Waals surface area contributed by atoms with E-state index in [-0.39, 0.29) is 5.97 Å². The molecule has 2 N–H and O–H groups in total. The van der Waals surface area contributed by atoms with E-state index in [9.17, 15) is 4.79 Å². The predicted octanol–water partition coefficient (Wildman–Crippen LogP) is 3.35. The molecular weight excluding hydrogens is 392 g/mol. The Morgan fingerprint density at radius 2 is 1.89 bits per heavy atom. The Hall–Kier alpha value is -2.00. The zero-order valence-corrected chi connectivity index (χ0v) is 18.1. The van der Waals surface area contributed by atoms with E-state index in [1.165, 1.54) is 11.3 Å². The van der Waals surface area contributed by atoms with Crippen LogP contribution in [-0.2, 0) is 4.74 Å². The number of hydrazine groups is 1. The van der Waals surface area contributed by atoms with Crippen molar-refractivity contribution in [3.8, 4) is 11.1 Å². The van der Waals surface area contributed by atoms with Gasteiger partial charge in [-0.3, -0.25) is 5.43 Å². The van der Waals surface area contributed by atoms with Crippen LogP contribution in [0, 0.1) is 6.92 Å². The predicted molar refractivity (Wildman–Crippen MR) is 119 cm³/mol. The summed E-state index contributed by atoms with van der Waals surface area (Å²) < 4.78 is 5.34. The Morgan fingerprint density at radius 3 is 2.54 bits per heavy atom. The van der Waals surface area contributed by atoms with Crippen molar-refractivity contribution in [2.24, 2.45) is 0 Å². The van der Waals surface area contributed by atoms with Crippen molar-refractivity contribution in [3.63, 3.8) is 0 Å². The first kappa shape index (κ1) is 20.7. The molecule has 1 aromatic heterocycles. The molecule has 0 atom stereocenters. The van der Waals surface area contributed by atoms with Crippen LogP contribution < -0.4 is 10.7 Å². The number of thiocarbonyl (C=S) groups is 1. The molecule has 1 aromatic carbocycles. The highest BCUT2D eigenvalue weighted by molar-refractivity contribution is 7.80. The summed E-state index contributed by atoms with van der Waals surface area (Å²) in [6, 6.07) is 9.90. The van der Waals surface area contributed by atoms with Gasteiger partial charge in [0.1, 0.15) is 10.6 Å². The zero-order valence-electron chi connectivity index (χ0n) is 16.4. The van der Waals surface area contributed by atoms with Gasteiger partial charge in [-0.1, -0.05) is 30.3 Å². The number of hydrogen-bond acceptors (Lipinski definition) is 6. The maximum atomic E-state index is 12.7. The second-order valence-electron chi connectivity index (χ2n) is 6.68. The van der Waals surface area contributed by atoms with Crippen molar-refractivity contribution in [3.05, 3.63) is 40.8 Å². The molecule has 1 aliphatic heterocycles. The molecule has 0 spiro atoms. The molecule has 2 heterocycles. The highest BCUT2D eigenvalue weighted by Gasteiger charge is 2.25. The van der Waals surface area contributed by atoms with Gasteiger partial charge in [-0.25, -0.2) is 9.80 Å². The second-order valence-corrected chi connectivity index (χ2v) is 8.31. The molecule has 0 saturated carbocycles. The summed E-state index contributed by atoms with van der Waals surface area (Å²) in [5.74, 6) is -0.337. The Bertz CT molecular complexity index is 830. The highest BCUT2D eigenvalue weighted by Crippen LogP contribution is 2.40. The number of carbonyl (C=O) groups is 1. The van der Waals surface area contributed by atoms with Crippen LogP contribution in [-0.4, -0.2) is 60.8 Å². The number of likely N-dealkylation sites (N-methyl/N-ethyl adjacent to an activating group) is 1. The topological polar surface area (TPSA) is 56.8 Å². The lowest BCUT2D eigenvalue weighted by atomic mass is 10.0. The van der Waals surface area contributed by atoms with Crippen LogP contribution in [0.15, 0.2) is 30.3 Å². The van der Waals surface area contributed by atoms with Gasteiger partial charge in [0.25, 0.3) is 0 Å². The number of nitrogens with zero attached hydrogens (tertiary/aromatic N) is 2. The van der Waals surface area contributed by atoms with E-state index in [0.29, 0.717) is 22.3 Å². The van der Waals surface area contributed by atoms with Crippen molar-refractivity contribution >= 4 is 39.6 Å². The van der Waals surface area contributed by atoms with Crippen molar-refractivity contribution < 1.29 is 9.53 Å². The number of benzene rings is 1. The van der Waals surface area contributed by atoms with Gasteiger partial charge in [0.15, 0.2) is 5.11 Å². The van der Waals surface area contributed by atoms with Gasteiger partial charge in [-0.05, 0) is 38.7 Å². The number of anilines is 1. The fourth-order valence-corrected chi connectivity index (χ4v) is 4.54. The zero-order chi connectivity index (χ0) is 20.1. The summed E-state index contributed by atoms with van der Waals surface area (Å²) in [5.41, 5.74) is 5.66. The molecule has 3 rings (SSSR count). The summed E-state index contributed by atoms with van der Waals surface area (Å²) in [6.07, 6.45) is 0. The molecule has 0 radical (unpaired) electrons. The van der Waals surface area contributed by atoms with E-state index in [1.54, 1.807) is 0 Å². The lowest BCUT2D eigenvalue weighted by Gasteiger charge is -2.33. The highest BCUT2D eigenvalue weighted by atomic mass is 32.1. The molecule has 1 fully saturated rings. The van der Waals surface area contributed by atoms with Crippen LogP contribution in [0.5, 0.6) is 0 Å². The average molecular weight is 419 g/mol. The first-order valence-corrected chi connectivity index (χ1v) is 10.6. The summed E-state index contributed by atoms with van der Waals surface area (Å²) in [6.45, 7) is 7.90. The number of aryl methyl sites for hydroxylation is 1. The quantitative estimate of drug-likeness (QED) is 0.570. The molecule has 6 nitrogen and oxygen atoms in total. The van der Waals surface area contributed by atoms with Crippen molar-refractivity contribution in [1.29, 1.82) is 0 Å². The summed E-state index contributed by atoms with van der Waals surface area (Å²) in [7, 11) is 2.11. The van der Waals surface area contributed by atoms with E-state index < -0.39 is 0 Å². The fraction of sp³-hybridized carbons (Fsp3) is 0.400. The van der Waals surface area contributed by atoms with Crippen molar-refractivity contribution in [2.45, 2.75) is 13.8 Å². The first-order valence-electron chi connectivity index (χ1n) is 9.36. The maximum absolute atomic E-state index is 12.7. The molecule has 1 saturated heterocycles. The van der Waals surface area contributed by atoms with Gasteiger partial charge in [0, 0.05) is 36.6 Å². The van der Waals surface area contributed by atoms with E-state index in [2.05, 4.69) is 27.7 Å². The largest absolute Gasteiger partial charge is 0.462 e. The van der Waals surface area contributed by atoms with Gasteiger partial charge in [0.05, 0.1) is 6.61 Å². The third-order valence-electron chi connectivity index (χ3n) is 4.62. The van der Waals surface area contributed by atoms with Crippen LogP contribution in [0.1, 0.15) is 22.2 Å². The molecule has 0 amide bonds. The lowest BCUT2D eigenvalue weighted by molar-refractivity contribution is 0.0529. The van der Waals surface area contributed by atoms with Crippen LogP contribution in [0.3, 0.4) is 0 Å². The molecule has 8 heteroatoms. The maximum Gasteiger partial charge on any atom is 0.341 e.